The lowest BCUT2D eigenvalue weighted by atomic mass is 10.1. The first kappa shape index (κ1) is 14.4. The number of anilines is 2. The van der Waals surface area contributed by atoms with E-state index in [0.717, 1.165) is 6.07 Å². The number of para-hydroxylation sites is 1. The lowest BCUT2D eigenvalue weighted by molar-refractivity contribution is 0.471. The monoisotopic (exact) mass is 315 g/mol. The zero-order valence-electron chi connectivity index (χ0n) is 11.4. The van der Waals surface area contributed by atoms with Gasteiger partial charge in [-0.25, -0.2) is 0 Å². The van der Waals surface area contributed by atoms with E-state index in [9.17, 15) is 18.1 Å². The molecular weight excluding hydrogens is 302 g/mol. The normalized spacial score (nSPS) is 11.5. The molecule has 3 aromatic carbocycles. The average Bonchev–Trinajstić information content (AvgIpc) is 2.50. The Morgan fingerprint density at radius 3 is 2.09 bits per heavy atom. The molecule has 112 valence electrons. The Kier molecular flexibility index (Phi) is 3.48. The molecule has 0 aliphatic heterocycles. The van der Waals surface area contributed by atoms with Gasteiger partial charge in [-0.15, -0.1) is 0 Å². The summed E-state index contributed by atoms with van der Waals surface area (Å²) in [4.78, 5) is -0.368. The van der Waals surface area contributed by atoms with Gasteiger partial charge in [0.1, 0.15) is 10.6 Å². The van der Waals surface area contributed by atoms with Crippen LogP contribution in [0.1, 0.15) is 0 Å². The van der Waals surface area contributed by atoms with Crippen LogP contribution in [-0.2, 0) is 10.1 Å². The molecule has 6 heteroatoms. The van der Waals surface area contributed by atoms with Gasteiger partial charge in [-0.1, -0.05) is 42.5 Å². The van der Waals surface area contributed by atoms with Gasteiger partial charge < -0.3 is 10.4 Å². The quantitative estimate of drug-likeness (QED) is 0.508. The Bertz CT molecular complexity index is 937. The van der Waals surface area contributed by atoms with Gasteiger partial charge in [-0.05, 0) is 12.1 Å². The Morgan fingerprint density at radius 1 is 0.864 bits per heavy atom. The highest BCUT2D eigenvalue weighted by molar-refractivity contribution is 7.86. The van der Waals surface area contributed by atoms with E-state index in [1.54, 1.807) is 48.5 Å². The Hall–Kier alpha value is -2.57. The molecule has 0 heterocycles. The van der Waals surface area contributed by atoms with E-state index >= 15 is 0 Å². The minimum absolute atomic E-state index is 0.207. The van der Waals surface area contributed by atoms with Crippen LogP contribution in [0.5, 0.6) is 5.75 Å². The minimum Gasteiger partial charge on any atom is -0.507 e. The summed E-state index contributed by atoms with van der Waals surface area (Å²) < 4.78 is 32.7. The zero-order chi connectivity index (χ0) is 15.7. The zero-order valence-corrected chi connectivity index (χ0v) is 12.2. The number of rotatable bonds is 3. The number of benzene rings is 3. The van der Waals surface area contributed by atoms with Crippen LogP contribution in [0.4, 0.5) is 11.4 Å². The van der Waals surface area contributed by atoms with E-state index in [0.29, 0.717) is 16.5 Å². The molecule has 22 heavy (non-hydrogen) atoms. The second-order valence-electron chi connectivity index (χ2n) is 4.78. The highest BCUT2D eigenvalue weighted by atomic mass is 32.2. The Morgan fingerprint density at radius 2 is 1.45 bits per heavy atom. The van der Waals surface area contributed by atoms with Gasteiger partial charge in [-0.2, -0.15) is 8.42 Å². The van der Waals surface area contributed by atoms with Gasteiger partial charge in [0, 0.05) is 22.5 Å². The fraction of sp³-hybridized carbons (Fsp3) is 0. The maximum absolute atomic E-state index is 11.6. The number of hydrogen-bond acceptors (Lipinski definition) is 4. The van der Waals surface area contributed by atoms with Crippen LogP contribution in [0.2, 0.25) is 0 Å². The average molecular weight is 315 g/mol. The SMILES string of the molecule is O=S(=O)(O)c1cc(O)c2ccccc2c1Nc1ccccc1. The molecule has 3 rings (SSSR count). The van der Waals surface area contributed by atoms with Gasteiger partial charge >= 0.3 is 0 Å². The number of hydrogen-bond donors (Lipinski definition) is 3. The third-order valence-corrected chi connectivity index (χ3v) is 4.19. The molecule has 0 saturated heterocycles. The van der Waals surface area contributed by atoms with Crippen molar-refractivity contribution in [3.8, 4) is 5.75 Å². The number of fused-ring (bicyclic) bond motifs is 1. The molecule has 0 radical (unpaired) electrons. The van der Waals surface area contributed by atoms with Crippen LogP contribution in [0.25, 0.3) is 10.8 Å². The van der Waals surface area contributed by atoms with Crippen LogP contribution < -0.4 is 5.32 Å². The molecule has 3 N–H and O–H groups in total. The van der Waals surface area contributed by atoms with Crippen molar-refractivity contribution in [1.82, 2.24) is 0 Å². The van der Waals surface area contributed by atoms with Crippen molar-refractivity contribution < 1.29 is 18.1 Å². The molecule has 0 amide bonds. The topological polar surface area (TPSA) is 86.6 Å². The van der Waals surface area contributed by atoms with Gasteiger partial charge in [0.15, 0.2) is 0 Å². The molecule has 0 aliphatic carbocycles. The van der Waals surface area contributed by atoms with Crippen molar-refractivity contribution in [2.24, 2.45) is 0 Å². The van der Waals surface area contributed by atoms with E-state index in [4.69, 9.17) is 0 Å². The fourth-order valence-corrected chi connectivity index (χ4v) is 3.01. The van der Waals surface area contributed by atoms with Crippen molar-refractivity contribution in [2.75, 3.05) is 5.32 Å². The highest BCUT2D eigenvalue weighted by Gasteiger charge is 2.20. The summed E-state index contributed by atoms with van der Waals surface area (Å²) in [6.07, 6.45) is 0. The van der Waals surface area contributed by atoms with Crippen LogP contribution in [0.3, 0.4) is 0 Å². The summed E-state index contributed by atoms with van der Waals surface area (Å²) in [6.45, 7) is 0. The lowest BCUT2D eigenvalue weighted by Gasteiger charge is -2.14. The summed E-state index contributed by atoms with van der Waals surface area (Å²) in [5, 5.41) is 14.0. The number of aromatic hydroxyl groups is 1. The maximum Gasteiger partial charge on any atom is 0.296 e. The van der Waals surface area contributed by atoms with Crippen molar-refractivity contribution in [3.05, 3.63) is 60.7 Å². The highest BCUT2D eigenvalue weighted by Crippen LogP contribution is 2.38. The summed E-state index contributed by atoms with van der Waals surface area (Å²) in [6, 6.07) is 16.9. The van der Waals surface area contributed by atoms with E-state index in [-0.39, 0.29) is 16.3 Å². The molecule has 5 nitrogen and oxygen atoms in total. The maximum atomic E-state index is 11.6. The Labute approximate surface area is 127 Å². The largest absolute Gasteiger partial charge is 0.507 e. The molecular formula is C16H13NO4S. The lowest BCUT2D eigenvalue weighted by Crippen LogP contribution is -2.04. The third kappa shape index (κ3) is 2.61. The van der Waals surface area contributed by atoms with Crippen molar-refractivity contribution in [3.63, 3.8) is 0 Å². The molecule has 0 aromatic heterocycles. The van der Waals surface area contributed by atoms with Gasteiger partial charge in [0.2, 0.25) is 0 Å². The third-order valence-electron chi connectivity index (χ3n) is 3.31. The Balaban J connectivity index is 2.32. The minimum atomic E-state index is -4.49. The van der Waals surface area contributed by atoms with Crippen LogP contribution >= 0.6 is 0 Å². The van der Waals surface area contributed by atoms with Crippen molar-refractivity contribution in [1.29, 1.82) is 0 Å². The van der Waals surface area contributed by atoms with E-state index in [2.05, 4.69) is 5.32 Å². The van der Waals surface area contributed by atoms with Gasteiger partial charge in [0.25, 0.3) is 10.1 Å². The van der Waals surface area contributed by atoms with Crippen LogP contribution in [-0.4, -0.2) is 18.1 Å². The number of nitrogens with one attached hydrogen (secondary N) is 1. The summed E-state index contributed by atoms with van der Waals surface area (Å²) in [5.74, 6) is -0.207. The summed E-state index contributed by atoms with van der Waals surface area (Å²) in [5.41, 5.74) is 0.894. The van der Waals surface area contributed by atoms with E-state index in [1.165, 1.54) is 0 Å². The molecule has 0 unspecified atom stereocenters. The predicted octanol–water partition coefficient (Wildman–Crippen LogP) is 3.54. The summed E-state index contributed by atoms with van der Waals surface area (Å²) >= 11 is 0. The van der Waals surface area contributed by atoms with Crippen molar-refractivity contribution in [2.45, 2.75) is 4.90 Å². The second kappa shape index (κ2) is 5.32. The molecule has 3 aromatic rings. The molecule has 0 atom stereocenters. The first-order valence-electron chi connectivity index (χ1n) is 6.51. The second-order valence-corrected chi connectivity index (χ2v) is 6.17. The van der Waals surface area contributed by atoms with Crippen LogP contribution in [0, 0.1) is 0 Å². The van der Waals surface area contributed by atoms with Crippen LogP contribution in [0.15, 0.2) is 65.6 Å². The molecule has 0 aliphatic rings. The first-order chi connectivity index (χ1) is 10.5. The molecule has 0 spiro atoms. The molecule has 0 fully saturated rings. The van der Waals surface area contributed by atoms with Gasteiger partial charge in [0.05, 0.1) is 5.69 Å². The smallest absolute Gasteiger partial charge is 0.296 e. The number of phenols is 1. The molecule has 0 bridgehead atoms. The van der Waals surface area contributed by atoms with Crippen molar-refractivity contribution >= 4 is 32.3 Å². The van der Waals surface area contributed by atoms with E-state index < -0.39 is 10.1 Å². The number of phenolic OH excluding ortho intramolecular Hbond substituents is 1. The standard InChI is InChI=1S/C16H13NO4S/c18-14-10-15(22(19,20)21)16(13-9-5-4-8-12(13)14)17-11-6-2-1-3-7-11/h1-10,17-18H,(H,19,20,21). The summed E-state index contributed by atoms with van der Waals surface area (Å²) in [7, 11) is -4.49. The van der Waals surface area contributed by atoms with Gasteiger partial charge in [-0.3, -0.25) is 4.55 Å². The van der Waals surface area contributed by atoms with E-state index in [1.807, 2.05) is 6.07 Å². The molecule has 0 saturated carbocycles. The predicted molar refractivity (Wildman–Crippen MR) is 85.2 cm³/mol. The first-order valence-corrected chi connectivity index (χ1v) is 7.95. The fourth-order valence-electron chi connectivity index (χ4n) is 2.33.